The number of nitrogens with one attached hydrogen (secondary N) is 1. The van der Waals surface area contributed by atoms with Crippen molar-refractivity contribution in [3.8, 4) is 0 Å². The second-order valence-electron chi connectivity index (χ2n) is 5.11. The summed E-state index contributed by atoms with van der Waals surface area (Å²) >= 11 is 0. The van der Waals surface area contributed by atoms with Crippen LogP contribution in [0.1, 0.15) is 43.7 Å². The first-order valence-electron chi connectivity index (χ1n) is 6.82. The molecule has 0 bridgehead atoms. The van der Waals surface area contributed by atoms with Gasteiger partial charge in [0.25, 0.3) is 0 Å². The standard InChI is InChI=1S/C15H24N2/c1-3-11-5-7-12(8-6-11)13-9-14(16)15(4-2)17-10-13/h5-8,13-15,17H,3-4,9-10,16H2,1-2H3. The first-order chi connectivity index (χ1) is 8.24. The lowest BCUT2D eigenvalue weighted by Gasteiger charge is -2.35. The molecule has 0 spiro atoms. The Bertz CT molecular complexity index is 344. The molecule has 1 saturated heterocycles. The van der Waals surface area contributed by atoms with E-state index >= 15 is 0 Å². The van der Waals surface area contributed by atoms with Crippen molar-refractivity contribution in [2.75, 3.05) is 6.54 Å². The van der Waals surface area contributed by atoms with Crippen LogP contribution in [0.15, 0.2) is 24.3 Å². The Morgan fingerprint density at radius 3 is 2.47 bits per heavy atom. The average Bonchev–Trinajstić information content (AvgIpc) is 2.39. The van der Waals surface area contributed by atoms with Gasteiger partial charge in [-0.3, -0.25) is 0 Å². The van der Waals surface area contributed by atoms with Gasteiger partial charge in [-0.2, -0.15) is 0 Å². The van der Waals surface area contributed by atoms with Crippen molar-refractivity contribution >= 4 is 0 Å². The highest BCUT2D eigenvalue weighted by atomic mass is 15.0. The van der Waals surface area contributed by atoms with E-state index in [9.17, 15) is 0 Å². The van der Waals surface area contributed by atoms with E-state index in [1.165, 1.54) is 11.1 Å². The summed E-state index contributed by atoms with van der Waals surface area (Å²) in [5.41, 5.74) is 9.05. The van der Waals surface area contributed by atoms with E-state index in [2.05, 4.69) is 43.4 Å². The highest BCUT2D eigenvalue weighted by molar-refractivity contribution is 5.26. The fourth-order valence-electron chi connectivity index (χ4n) is 2.75. The summed E-state index contributed by atoms with van der Waals surface area (Å²) in [6, 6.07) is 9.82. The normalized spacial score (nSPS) is 29.2. The molecule has 2 heteroatoms. The van der Waals surface area contributed by atoms with Gasteiger partial charge in [-0.1, -0.05) is 38.1 Å². The molecule has 1 fully saturated rings. The molecule has 1 aromatic rings. The summed E-state index contributed by atoms with van der Waals surface area (Å²) in [6.07, 6.45) is 3.35. The van der Waals surface area contributed by atoms with E-state index in [1.54, 1.807) is 0 Å². The van der Waals surface area contributed by atoms with Gasteiger partial charge in [0.05, 0.1) is 0 Å². The van der Waals surface area contributed by atoms with Crippen molar-refractivity contribution in [2.24, 2.45) is 5.73 Å². The first kappa shape index (κ1) is 12.6. The zero-order chi connectivity index (χ0) is 12.3. The number of hydrogen-bond acceptors (Lipinski definition) is 2. The van der Waals surface area contributed by atoms with E-state index < -0.39 is 0 Å². The van der Waals surface area contributed by atoms with Gasteiger partial charge in [-0.15, -0.1) is 0 Å². The topological polar surface area (TPSA) is 38.0 Å². The van der Waals surface area contributed by atoms with E-state index in [1.807, 2.05) is 0 Å². The Morgan fingerprint density at radius 1 is 1.24 bits per heavy atom. The van der Waals surface area contributed by atoms with Crippen LogP contribution in [0.3, 0.4) is 0 Å². The van der Waals surface area contributed by atoms with E-state index in [0.717, 1.165) is 25.8 Å². The quantitative estimate of drug-likeness (QED) is 0.840. The summed E-state index contributed by atoms with van der Waals surface area (Å²) in [5.74, 6) is 0.582. The Balaban J connectivity index is 2.03. The monoisotopic (exact) mass is 232 g/mol. The molecule has 3 unspecified atom stereocenters. The third-order valence-electron chi connectivity index (χ3n) is 4.00. The fourth-order valence-corrected chi connectivity index (χ4v) is 2.75. The van der Waals surface area contributed by atoms with Crippen LogP contribution >= 0.6 is 0 Å². The lowest BCUT2D eigenvalue weighted by atomic mass is 9.85. The highest BCUT2D eigenvalue weighted by Crippen LogP contribution is 2.25. The zero-order valence-corrected chi connectivity index (χ0v) is 10.9. The van der Waals surface area contributed by atoms with Gasteiger partial charge < -0.3 is 11.1 Å². The van der Waals surface area contributed by atoms with Crippen molar-refractivity contribution in [2.45, 2.75) is 51.1 Å². The molecule has 1 aliphatic rings. The molecular weight excluding hydrogens is 208 g/mol. The van der Waals surface area contributed by atoms with Crippen LogP contribution in [0.4, 0.5) is 0 Å². The molecule has 1 aromatic carbocycles. The lowest BCUT2D eigenvalue weighted by molar-refractivity contribution is 0.314. The van der Waals surface area contributed by atoms with Crippen LogP contribution in [0.25, 0.3) is 0 Å². The van der Waals surface area contributed by atoms with Crippen LogP contribution in [0.2, 0.25) is 0 Å². The molecular formula is C15H24N2. The minimum Gasteiger partial charge on any atom is -0.326 e. The first-order valence-corrected chi connectivity index (χ1v) is 6.82. The SMILES string of the molecule is CCc1ccc(C2CNC(CC)C(N)C2)cc1. The van der Waals surface area contributed by atoms with Crippen LogP contribution in [-0.2, 0) is 6.42 Å². The summed E-state index contributed by atoms with van der Waals surface area (Å²) in [5, 5.41) is 3.57. The number of hydrogen-bond donors (Lipinski definition) is 2. The van der Waals surface area contributed by atoms with Crippen LogP contribution in [0.5, 0.6) is 0 Å². The number of piperidine rings is 1. The predicted octanol–water partition coefficient (Wildman–Crippen LogP) is 2.43. The maximum atomic E-state index is 6.21. The van der Waals surface area contributed by atoms with Gasteiger partial charge in [0.1, 0.15) is 0 Å². The van der Waals surface area contributed by atoms with Crippen molar-refractivity contribution in [3.05, 3.63) is 35.4 Å². The summed E-state index contributed by atoms with van der Waals surface area (Å²) in [7, 11) is 0. The Hall–Kier alpha value is -0.860. The second-order valence-corrected chi connectivity index (χ2v) is 5.11. The predicted molar refractivity (Wildman–Crippen MR) is 73.2 cm³/mol. The van der Waals surface area contributed by atoms with Crippen molar-refractivity contribution in [1.82, 2.24) is 5.32 Å². The minimum absolute atomic E-state index is 0.296. The van der Waals surface area contributed by atoms with Gasteiger partial charge in [-0.05, 0) is 36.3 Å². The van der Waals surface area contributed by atoms with Crippen molar-refractivity contribution < 1.29 is 0 Å². The molecule has 1 heterocycles. The third kappa shape index (κ3) is 2.88. The third-order valence-corrected chi connectivity index (χ3v) is 4.00. The van der Waals surface area contributed by atoms with Gasteiger partial charge in [-0.25, -0.2) is 0 Å². The molecule has 94 valence electrons. The fraction of sp³-hybridized carbons (Fsp3) is 0.600. The molecule has 0 aliphatic carbocycles. The molecule has 0 saturated carbocycles. The zero-order valence-electron chi connectivity index (χ0n) is 10.9. The molecule has 0 radical (unpaired) electrons. The molecule has 0 aromatic heterocycles. The van der Waals surface area contributed by atoms with Crippen LogP contribution < -0.4 is 11.1 Å². The summed E-state index contributed by atoms with van der Waals surface area (Å²) in [4.78, 5) is 0. The lowest BCUT2D eigenvalue weighted by Crippen LogP contribution is -2.51. The van der Waals surface area contributed by atoms with Crippen molar-refractivity contribution in [1.29, 1.82) is 0 Å². The maximum Gasteiger partial charge on any atom is 0.0216 e. The Labute approximate surface area is 105 Å². The number of rotatable bonds is 3. The molecule has 2 rings (SSSR count). The largest absolute Gasteiger partial charge is 0.326 e. The molecule has 17 heavy (non-hydrogen) atoms. The van der Waals surface area contributed by atoms with Crippen LogP contribution in [0, 0.1) is 0 Å². The van der Waals surface area contributed by atoms with Crippen LogP contribution in [-0.4, -0.2) is 18.6 Å². The molecule has 3 N–H and O–H groups in total. The summed E-state index contributed by atoms with van der Waals surface area (Å²) < 4.78 is 0. The van der Waals surface area contributed by atoms with Gasteiger partial charge >= 0.3 is 0 Å². The maximum absolute atomic E-state index is 6.21. The average molecular weight is 232 g/mol. The molecule has 2 nitrogen and oxygen atoms in total. The molecule has 3 atom stereocenters. The highest BCUT2D eigenvalue weighted by Gasteiger charge is 2.26. The number of nitrogens with two attached hydrogens (primary N) is 1. The van der Waals surface area contributed by atoms with Gasteiger partial charge in [0.2, 0.25) is 0 Å². The van der Waals surface area contributed by atoms with E-state index in [4.69, 9.17) is 5.73 Å². The van der Waals surface area contributed by atoms with Crippen molar-refractivity contribution in [3.63, 3.8) is 0 Å². The molecule has 1 aliphatic heterocycles. The van der Waals surface area contributed by atoms with E-state index in [-0.39, 0.29) is 0 Å². The molecule has 0 amide bonds. The minimum atomic E-state index is 0.296. The Morgan fingerprint density at radius 2 is 1.94 bits per heavy atom. The van der Waals surface area contributed by atoms with Gasteiger partial charge in [0, 0.05) is 18.6 Å². The second kappa shape index (κ2) is 5.65. The number of benzene rings is 1. The Kier molecular flexibility index (Phi) is 4.19. The summed E-state index contributed by atoms with van der Waals surface area (Å²) in [6.45, 7) is 5.46. The van der Waals surface area contributed by atoms with E-state index in [0.29, 0.717) is 18.0 Å². The smallest absolute Gasteiger partial charge is 0.0216 e. The van der Waals surface area contributed by atoms with Gasteiger partial charge in [0.15, 0.2) is 0 Å². The number of aryl methyl sites for hydroxylation is 1.